The highest BCUT2D eigenvalue weighted by molar-refractivity contribution is 7.99. The minimum Gasteiger partial charge on any atom is -0.497 e. The predicted molar refractivity (Wildman–Crippen MR) is 72.0 cm³/mol. The van der Waals surface area contributed by atoms with Crippen LogP contribution < -0.4 is 4.74 Å². The summed E-state index contributed by atoms with van der Waals surface area (Å²) in [7, 11) is 1.62. The van der Waals surface area contributed by atoms with Crippen molar-refractivity contribution >= 4 is 23.4 Å². The largest absolute Gasteiger partial charge is 0.497 e. The van der Waals surface area contributed by atoms with Crippen LogP contribution in [0.2, 0.25) is 0 Å². The molecule has 0 fully saturated rings. The van der Waals surface area contributed by atoms with Crippen molar-refractivity contribution in [3.05, 3.63) is 35.9 Å². The van der Waals surface area contributed by atoms with Gasteiger partial charge in [-0.05, 0) is 24.3 Å². The molecule has 1 aromatic carbocycles. The number of thioether (sulfide) groups is 1. The second kappa shape index (κ2) is 5.93. The molecule has 2 rings (SSSR count). The average Bonchev–Trinajstić information content (AvgIpc) is 2.85. The van der Waals surface area contributed by atoms with Crippen LogP contribution >= 0.6 is 23.4 Å². The van der Waals surface area contributed by atoms with Crippen LogP contribution in [0.25, 0.3) is 11.5 Å². The Labute approximate surface area is 114 Å². The third-order valence-electron chi connectivity index (χ3n) is 2.10. The molecule has 6 heteroatoms. The van der Waals surface area contributed by atoms with Crippen LogP contribution in [-0.4, -0.2) is 23.1 Å². The van der Waals surface area contributed by atoms with Gasteiger partial charge in [0.15, 0.2) is 0 Å². The van der Waals surface area contributed by atoms with Crippen molar-refractivity contribution < 1.29 is 9.15 Å². The molecule has 1 aromatic heterocycles. The van der Waals surface area contributed by atoms with Gasteiger partial charge in [-0.15, -0.1) is 10.2 Å². The molecule has 2 aromatic rings. The zero-order valence-electron chi connectivity index (χ0n) is 9.72. The molecule has 0 amide bonds. The van der Waals surface area contributed by atoms with Crippen molar-refractivity contribution in [1.82, 2.24) is 10.2 Å². The van der Waals surface area contributed by atoms with Crippen molar-refractivity contribution in [3.63, 3.8) is 0 Å². The molecular formula is C12H11ClN2O2S. The lowest BCUT2D eigenvalue weighted by Gasteiger charge is -1.99. The number of benzene rings is 1. The molecule has 0 bridgehead atoms. The van der Waals surface area contributed by atoms with Crippen molar-refractivity contribution in [2.24, 2.45) is 0 Å². The van der Waals surface area contributed by atoms with Crippen LogP contribution in [0.3, 0.4) is 0 Å². The molecule has 0 N–H and O–H groups in total. The Morgan fingerprint density at radius 1 is 1.39 bits per heavy atom. The van der Waals surface area contributed by atoms with E-state index < -0.39 is 0 Å². The quantitative estimate of drug-likeness (QED) is 0.784. The minimum absolute atomic E-state index is 0.473. The Hall–Kier alpha value is -1.46. The van der Waals surface area contributed by atoms with Crippen molar-refractivity contribution in [2.45, 2.75) is 5.22 Å². The number of halogens is 1. The molecule has 0 aliphatic carbocycles. The number of methoxy groups -OCH3 is 1. The van der Waals surface area contributed by atoms with E-state index in [9.17, 15) is 0 Å². The molecular weight excluding hydrogens is 272 g/mol. The number of nitrogens with zero attached hydrogens (tertiary/aromatic N) is 2. The standard InChI is InChI=1S/C12H11ClN2O2S/c1-8(13)7-18-12-15-14-11(17-12)9-3-5-10(16-2)6-4-9/h3-6H,1,7H2,2H3. The van der Waals surface area contributed by atoms with E-state index in [1.54, 1.807) is 7.11 Å². The summed E-state index contributed by atoms with van der Waals surface area (Å²) in [5.41, 5.74) is 0.847. The Kier molecular flexibility index (Phi) is 4.28. The van der Waals surface area contributed by atoms with Crippen molar-refractivity contribution in [2.75, 3.05) is 12.9 Å². The molecule has 0 unspecified atom stereocenters. The lowest BCUT2D eigenvalue weighted by Crippen LogP contribution is -1.82. The highest BCUT2D eigenvalue weighted by Crippen LogP contribution is 2.25. The van der Waals surface area contributed by atoms with Gasteiger partial charge in [0.1, 0.15) is 5.75 Å². The van der Waals surface area contributed by atoms with Gasteiger partial charge >= 0.3 is 0 Å². The summed E-state index contributed by atoms with van der Waals surface area (Å²) >= 11 is 7.02. The van der Waals surface area contributed by atoms with Gasteiger partial charge in [-0.2, -0.15) is 0 Å². The average molecular weight is 283 g/mol. The summed E-state index contributed by atoms with van der Waals surface area (Å²) in [6, 6.07) is 7.41. The van der Waals surface area contributed by atoms with Gasteiger partial charge in [-0.1, -0.05) is 29.9 Å². The van der Waals surface area contributed by atoms with Crippen LogP contribution in [0.5, 0.6) is 5.75 Å². The molecule has 0 aliphatic rings. The number of ether oxygens (including phenoxy) is 1. The van der Waals surface area contributed by atoms with Gasteiger partial charge < -0.3 is 9.15 Å². The fraction of sp³-hybridized carbons (Fsp3) is 0.167. The first-order valence-corrected chi connectivity index (χ1v) is 6.49. The summed E-state index contributed by atoms with van der Waals surface area (Å²) in [5, 5.41) is 8.91. The van der Waals surface area contributed by atoms with Crippen LogP contribution in [-0.2, 0) is 0 Å². The van der Waals surface area contributed by atoms with Gasteiger partial charge in [-0.25, -0.2) is 0 Å². The Morgan fingerprint density at radius 3 is 2.72 bits per heavy atom. The fourth-order valence-corrected chi connectivity index (χ4v) is 1.94. The van der Waals surface area contributed by atoms with Crippen LogP contribution in [0.15, 0.2) is 45.5 Å². The molecule has 0 saturated heterocycles. The Morgan fingerprint density at radius 2 is 2.11 bits per heavy atom. The van der Waals surface area contributed by atoms with E-state index in [1.807, 2.05) is 24.3 Å². The van der Waals surface area contributed by atoms with E-state index in [-0.39, 0.29) is 0 Å². The number of rotatable bonds is 5. The van der Waals surface area contributed by atoms with Crippen molar-refractivity contribution in [3.8, 4) is 17.2 Å². The molecule has 0 saturated carbocycles. The minimum atomic E-state index is 0.473. The molecule has 0 spiro atoms. The monoisotopic (exact) mass is 282 g/mol. The SMILES string of the molecule is C=C(Cl)CSc1nnc(-c2ccc(OC)cc2)o1. The highest BCUT2D eigenvalue weighted by atomic mass is 35.5. The zero-order valence-corrected chi connectivity index (χ0v) is 11.3. The molecule has 4 nitrogen and oxygen atoms in total. The van der Waals surface area contributed by atoms with Crippen LogP contribution in [0, 0.1) is 0 Å². The van der Waals surface area contributed by atoms with Gasteiger partial charge in [0, 0.05) is 16.3 Å². The van der Waals surface area contributed by atoms with E-state index in [2.05, 4.69) is 16.8 Å². The van der Waals surface area contributed by atoms with Crippen LogP contribution in [0.4, 0.5) is 0 Å². The Bertz CT molecular complexity index is 539. The zero-order chi connectivity index (χ0) is 13.0. The summed E-state index contributed by atoms with van der Waals surface area (Å²) in [6.07, 6.45) is 0. The normalized spacial score (nSPS) is 10.3. The van der Waals surface area contributed by atoms with E-state index >= 15 is 0 Å². The first-order valence-electron chi connectivity index (χ1n) is 5.13. The van der Waals surface area contributed by atoms with Gasteiger partial charge in [-0.3, -0.25) is 0 Å². The Balaban J connectivity index is 2.10. The van der Waals surface area contributed by atoms with E-state index in [4.69, 9.17) is 20.8 Å². The predicted octanol–water partition coefficient (Wildman–Crippen LogP) is 3.59. The van der Waals surface area contributed by atoms with Gasteiger partial charge in [0.2, 0.25) is 5.89 Å². The third-order valence-corrected chi connectivity index (χ3v) is 3.29. The first kappa shape index (κ1) is 13.0. The molecule has 18 heavy (non-hydrogen) atoms. The number of hydrogen-bond acceptors (Lipinski definition) is 5. The maximum Gasteiger partial charge on any atom is 0.277 e. The third kappa shape index (κ3) is 3.27. The van der Waals surface area contributed by atoms with E-state index in [0.717, 1.165) is 11.3 Å². The molecule has 0 radical (unpaired) electrons. The summed E-state index contributed by atoms with van der Waals surface area (Å²) in [5.74, 6) is 1.80. The molecule has 94 valence electrons. The lowest BCUT2D eigenvalue weighted by molar-refractivity contribution is 0.414. The first-order chi connectivity index (χ1) is 8.69. The number of hydrogen-bond donors (Lipinski definition) is 0. The molecule has 0 atom stereocenters. The van der Waals surface area contributed by atoms with E-state index in [1.165, 1.54) is 11.8 Å². The van der Waals surface area contributed by atoms with Gasteiger partial charge in [0.05, 0.1) is 7.11 Å². The molecule has 1 heterocycles. The fourth-order valence-electron chi connectivity index (χ4n) is 1.26. The smallest absolute Gasteiger partial charge is 0.277 e. The van der Waals surface area contributed by atoms with Crippen LogP contribution in [0.1, 0.15) is 0 Å². The van der Waals surface area contributed by atoms with E-state index in [0.29, 0.717) is 21.9 Å². The maximum atomic E-state index is 5.67. The summed E-state index contributed by atoms with van der Waals surface area (Å²) in [4.78, 5) is 0. The number of aromatic nitrogens is 2. The van der Waals surface area contributed by atoms with Gasteiger partial charge in [0.25, 0.3) is 5.22 Å². The maximum absolute atomic E-state index is 5.67. The lowest BCUT2D eigenvalue weighted by atomic mass is 10.2. The molecule has 0 aliphatic heterocycles. The highest BCUT2D eigenvalue weighted by Gasteiger charge is 2.09. The second-order valence-electron chi connectivity index (χ2n) is 3.41. The topological polar surface area (TPSA) is 48.2 Å². The second-order valence-corrected chi connectivity index (χ2v) is 4.87. The van der Waals surface area contributed by atoms with Crippen molar-refractivity contribution in [1.29, 1.82) is 0 Å². The summed E-state index contributed by atoms with van der Waals surface area (Å²) in [6.45, 7) is 3.60. The summed E-state index contributed by atoms with van der Waals surface area (Å²) < 4.78 is 10.6.